The Bertz CT molecular complexity index is 796. The fraction of sp³-hybridized carbons (Fsp3) is 0.526. The van der Waals surface area contributed by atoms with Crippen LogP contribution in [0.2, 0.25) is 0 Å². The van der Waals surface area contributed by atoms with E-state index in [2.05, 4.69) is 32.5 Å². The molecule has 158 valence electrons. The van der Waals surface area contributed by atoms with Crippen molar-refractivity contribution in [2.24, 2.45) is 0 Å². The Kier molecular flexibility index (Phi) is 7.08. The summed E-state index contributed by atoms with van der Waals surface area (Å²) in [6, 6.07) is 5.20. The minimum Gasteiger partial charge on any atom is -0.378 e. The van der Waals surface area contributed by atoms with Crippen LogP contribution in [-0.2, 0) is 17.5 Å². The van der Waals surface area contributed by atoms with Gasteiger partial charge in [0.05, 0.1) is 18.8 Å². The van der Waals surface area contributed by atoms with E-state index in [1.165, 1.54) is 6.07 Å². The molecule has 0 unspecified atom stereocenters. The molecule has 1 saturated heterocycles. The van der Waals surface area contributed by atoms with E-state index in [0.29, 0.717) is 49.7 Å². The van der Waals surface area contributed by atoms with Crippen LogP contribution in [0.4, 0.5) is 31.0 Å². The molecule has 7 nitrogen and oxygen atoms in total. The monoisotopic (exact) mass is 410 g/mol. The maximum Gasteiger partial charge on any atom is 0.416 e. The van der Waals surface area contributed by atoms with Gasteiger partial charge in [0.25, 0.3) is 0 Å². The molecule has 0 bridgehead atoms. The third-order valence-corrected chi connectivity index (χ3v) is 4.44. The number of nitrogens with one attached hydrogen (secondary N) is 2. The summed E-state index contributed by atoms with van der Waals surface area (Å²) in [5, 5.41) is 6.21. The molecule has 2 heterocycles. The Morgan fingerprint density at radius 1 is 1.07 bits per heavy atom. The molecule has 2 aromatic rings. The van der Waals surface area contributed by atoms with Crippen molar-refractivity contribution in [1.29, 1.82) is 0 Å². The Hall–Kier alpha value is -2.62. The zero-order chi connectivity index (χ0) is 20.7. The van der Waals surface area contributed by atoms with E-state index in [1.54, 1.807) is 6.07 Å². The largest absolute Gasteiger partial charge is 0.416 e. The van der Waals surface area contributed by atoms with Gasteiger partial charge < -0.3 is 20.3 Å². The number of alkyl halides is 3. The summed E-state index contributed by atoms with van der Waals surface area (Å²) < 4.78 is 44.1. The van der Waals surface area contributed by atoms with E-state index in [1.807, 2.05) is 4.90 Å². The first-order valence-corrected chi connectivity index (χ1v) is 9.68. The first-order chi connectivity index (χ1) is 14.0. The maximum absolute atomic E-state index is 12.9. The van der Waals surface area contributed by atoms with Crippen molar-refractivity contribution < 1.29 is 17.9 Å². The molecule has 1 aliphatic rings. The second kappa shape index (κ2) is 9.73. The minimum absolute atomic E-state index is 0.172. The highest BCUT2D eigenvalue weighted by atomic mass is 19.4. The van der Waals surface area contributed by atoms with E-state index >= 15 is 0 Å². The van der Waals surface area contributed by atoms with Crippen LogP contribution in [0.15, 0.2) is 24.3 Å². The first-order valence-electron chi connectivity index (χ1n) is 9.68. The molecular weight excluding hydrogens is 385 g/mol. The molecule has 0 spiro atoms. The van der Waals surface area contributed by atoms with Crippen molar-refractivity contribution in [3.63, 3.8) is 0 Å². The SMILES string of the molecule is CCCCNc1nc(NCc2cccc(C(F)(F)F)c2)nc(N2CCOCC2)n1. The van der Waals surface area contributed by atoms with Crippen molar-refractivity contribution in [3.05, 3.63) is 35.4 Å². The number of morpholine rings is 1. The summed E-state index contributed by atoms with van der Waals surface area (Å²) in [5.41, 5.74) is -0.183. The Morgan fingerprint density at radius 3 is 2.48 bits per heavy atom. The lowest BCUT2D eigenvalue weighted by Crippen LogP contribution is -2.37. The van der Waals surface area contributed by atoms with Gasteiger partial charge in [-0.1, -0.05) is 25.5 Å². The molecule has 1 aromatic carbocycles. The zero-order valence-corrected chi connectivity index (χ0v) is 16.3. The summed E-state index contributed by atoms with van der Waals surface area (Å²) in [6.07, 6.45) is -2.36. The number of hydrogen-bond donors (Lipinski definition) is 2. The molecule has 1 fully saturated rings. The Labute approximate surface area is 167 Å². The predicted molar refractivity (Wildman–Crippen MR) is 105 cm³/mol. The minimum atomic E-state index is -4.37. The molecule has 0 amide bonds. The zero-order valence-electron chi connectivity index (χ0n) is 16.3. The lowest BCUT2D eigenvalue weighted by molar-refractivity contribution is -0.137. The molecule has 0 radical (unpaired) electrons. The summed E-state index contributed by atoms with van der Waals surface area (Å²) >= 11 is 0. The lowest BCUT2D eigenvalue weighted by atomic mass is 10.1. The highest BCUT2D eigenvalue weighted by Gasteiger charge is 2.30. The smallest absolute Gasteiger partial charge is 0.378 e. The van der Waals surface area contributed by atoms with Crippen molar-refractivity contribution in [2.45, 2.75) is 32.5 Å². The van der Waals surface area contributed by atoms with Crippen LogP contribution < -0.4 is 15.5 Å². The van der Waals surface area contributed by atoms with Gasteiger partial charge in [-0.15, -0.1) is 0 Å². The van der Waals surface area contributed by atoms with Crippen molar-refractivity contribution in [3.8, 4) is 0 Å². The van der Waals surface area contributed by atoms with E-state index in [9.17, 15) is 13.2 Å². The van der Waals surface area contributed by atoms with Gasteiger partial charge in [0.1, 0.15) is 0 Å². The van der Waals surface area contributed by atoms with Crippen molar-refractivity contribution in [1.82, 2.24) is 15.0 Å². The third kappa shape index (κ3) is 6.18. The normalized spacial score (nSPS) is 14.7. The quantitative estimate of drug-likeness (QED) is 0.645. The number of benzene rings is 1. The van der Waals surface area contributed by atoms with Crippen LogP contribution in [0.1, 0.15) is 30.9 Å². The summed E-state index contributed by atoms with van der Waals surface area (Å²) in [6.45, 7) is 5.53. The van der Waals surface area contributed by atoms with Gasteiger partial charge in [-0.2, -0.15) is 28.1 Å². The average Bonchev–Trinajstić information content (AvgIpc) is 2.73. The fourth-order valence-electron chi connectivity index (χ4n) is 2.84. The number of rotatable bonds is 8. The van der Waals surface area contributed by atoms with E-state index in [4.69, 9.17) is 4.74 Å². The molecule has 29 heavy (non-hydrogen) atoms. The van der Waals surface area contributed by atoms with E-state index in [-0.39, 0.29) is 6.54 Å². The molecule has 3 rings (SSSR count). The molecule has 0 saturated carbocycles. The third-order valence-electron chi connectivity index (χ3n) is 4.44. The average molecular weight is 410 g/mol. The number of hydrogen-bond acceptors (Lipinski definition) is 7. The predicted octanol–water partition coefficient (Wildman–Crippen LogP) is 3.55. The van der Waals surface area contributed by atoms with Gasteiger partial charge in [0, 0.05) is 26.2 Å². The van der Waals surface area contributed by atoms with E-state index < -0.39 is 11.7 Å². The fourth-order valence-corrected chi connectivity index (χ4v) is 2.84. The standard InChI is InChI=1S/C19H25F3N6O/c1-2-3-7-23-16-25-17(27-18(26-16)28-8-10-29-11-9-28)24-13-14-5-4-6-15(12-14)19(20,21)22/h4-6,12H,2-3,7-11,13H2,1H3,(H2,23,24,25,26,27). The summed E-state index contributed by atoms with van der Waals surface area (Å²) in [7, 11) is 0. The number of unbranched alkanes of at least 4 members (excludes halogenated alkanes) is 1. The van der Waals surface area contributed by atoms with Crippen LogP contribution in [-0.4, -0.2) is 47.8 Å². The highest BCUT2D eigenvalue weighted by Crippen LogP contribution is 2.29. The second-order valence-electron chi connectivity index (χ2n) is 6.71. The molecule has 0 aliphatic carbocycles. The van der Waals surface area contributed by atoms with Gasteiger partial charge >= 0.3 is 6.18 Å². The van der Waals surface area contributed by atoms with Gasteiger partial charge in [0.2, 0.25) is 17.8 Å². The first kappa shape index (κ1) is 21.1. The Balaban J connectivity index is 1.75. The molecule has 2 N–H and O–H groups in total. The molecule has 1 aliphatic heterocycles. The molecule has 1 aromatic heterocycles. The van der Waals surface area contributed by atoms with Crippen LogP contribution in [0.5, 0.6) is 0 Å². The van der Waals surface area contributed by atoms with Gasteiger partial charge in [-0.05, 0) is 24.1 Å². The van der Waals surface area contributed by atoms with Crippen LogP contribution in [0.25, 0.3) is 0 Å². The van der Waals surface area contributed by atoms with Gasteiger partial charge in [0.15, 0.2) is 0 Å². The lowest BCUT2D eigenvalue weighted by Gasteiger charge is -2.27. The second-order valence-corrected chi connectivity index (χ2v) is 6.71. The van der Waals surface area contributed by atoms with E-state index in [0.717, 1.165) is 31.5 Å². The number of aromatic nitrogens is 3. The van der Waals surface area contributed by atoms with Crippen LogP contribution in [0, 0.1) is 0 Å². The van der Waals surface area contributed by atoms with Crippen LogP contribution in [0.3, 0.4) is 0 Å². The van der Waals surface area contributed by atoms with Gasteiger partial charge in [-0.3, -0.25) is 0 Å². The molecular formula is C19H25F3N6O. The Morgan fingerprint density at radius 2 is 1.79 bits per heavy atom. The number of nitrogens with zero attached hydrogens (tertiary/aromatic N) is 4. The number of anilines is 3. The summed E-state index contributed by atoms with van der Waals surface area (Å²) in [5.74, 6) is 1.29. The maximum atomic E-state index is 12.9. The topological polar surface area (TPSA) is 75.2 Å². The van der Waals surface area contributed by atoms with Crippen LogP contribution >= 0.6 is 0 Å². The molecule has 10 heteroatoms. The van der Waals surface area contributed by atoms with Crippen molar-refractivity contribution in [2.75, 3.05) is 48.4 Å². The van der Waals surface area contributed by atoms with Crippen molar-refractivity contribution >= 4 is 17.8 Å². The number of ether oxygens (including phenoxy) is 1. The molecule has 0 atom stereocenters. The van der Waals surface area contributed by atoms with Gasteiger partial charge in [-0.25, -0.2) is 0 Å². The number of halogens is 3. The highest BCUT2D eigenvalue weighted by molar-refractivity contribution is 5.44. The summed E-state index contributed by atoms with van der Waals surface area (Å²) in [4.78, 5) is 15.3.